The predicted molar refractivity (Wildman–Crippen MR) is 60.1 cm³/mol. The van der Waals surface area contributed by atoms with E-state index >= 15 is 0 Å². The van der Waals surface area contributed by atoms with Crippen LogP contribution in [0.2, 0.25) is 0 Å². The van der Waals surface area contributed by atoms with Crippen LogP contribution in [0.4, 0.5) is 0 Å². The Morgan fingerprint density at radius 3 is 1.93 bits per heavy atom. The van der Waals surface area contributed by atoms with Crippen LogP contribution in [0.3, 0.4) is 0 Å². The first kappa shape index (κ1) is 12.2. The Labute approximate surface area is 90.2 Å². The number of benzene rings is 1. The zero-order valence-electron chi connectivity index (χ0n) is 8.84. The summed E-state index contributed by atoms with van der Waals surface area (Å²) in [5.41, 5.74) is 12.3. The van der Waals surface area contributed by atoms with Gasteiger partial charge in [-0.25, -0.2) is 8.42 Å². The highest BCUT2D eigenvalue weighted by molar-refractivity contribution is 7.90. The molecule has 0 bridgehead atoms. The van der Waals surface area contributed by atoms with Gasteiger partial charge in [-0.1, -0.05) is 12.1 Å². The quantitative estimate of drug-likeness (QED) is 0.786. The lowest BCUT2D eigenvalue weighted by Gasteiger charge is -2.15. The van der Waals surface area contributed by atoms with Gasteiger partial charge in [0.05, 0.1) is 4.90 Å². The van der Waals surface area contributed by atoms with Gasteiger partial charge in [0.1, 0.15) is 0 Å². The van der Waals surface area contributed by atoms with Gasteiger partial charge in [-0.05, 0) is 24.6 Å². The van der Waals surface area contributed by atoms with Crippen molar-refractivity contribution in [2.45, 2.75) is 23.9 Å². The Morgan fingerprint density at radius 1 is 1.13 bits per heavy atom. The SMILES string of the molecule is CC(N)C(N)c1ccc(S(C)(=O)=O)cc1. The van der Waals surface area contributed by atoms with Crippen LogP contribution in [-0.2, 0) is 9.84 Å². The highest BCUT2D eigenvalue weighted by Gasteiger charge is 2.12. The summed E-state index contributed by atoms with van der Waals surface area (Å²) in [5, 5.41) is 0. The smallest absolute Gasteiger partial charge is 0.175 e. The summed E-state index contributed by atoms with van der Waals surface area (Å²) in [6.07, 6.45) is 1.17. The summed E-state index contributed by atoms with van der Waals surface area (Å²) in [6, 6.07) is 6.07. The summed E-state index contributed by atoms with van der Waals surface area (Å²) < 4.78 is 22.4. The maximum atomic E-state index is 11.2. The molecule has 0 saturated carbocycles. The lowest BCUT2D eigenvalue weighted by molar-refractivity contribution is 0.588. The number of hydrogen-bond donors (Lipinski definition) is 2. The molecule has 0 spiro atoms. The monoisotopic (exact) mass is 228 g/mol. The molecule has 0 aromatic heterocycles. The molecule has 0 radical (unpaired) electrons. The fraction of sp³-hybridized carbons (Fsp3) is 0.400. The van der Waals surface area contributed by atoms with Crippen LogP contribution in [0.5, 0.6) is 0 Å². The van der Waals surface area contributed by atoms with E-state index < -0.39 is 9.84 Å². The average Bonchev–Trinajstić information content (AvgIpc) is 2.15. The number of rotatable bonds is 3. The maximum Gasteiger partial charge on any atom is 0.175 e. The molecule has 1 rings (SSSR count). The Kier molecular flexibility index (Phi) is 3.49. The second-order valence-electron chi connectivity index (χ2n) is 3.73. The summed E-state index contributed by atoms with van der Waals surface area (Å²) in [6.45, 7) is 1.81. The first-order valence-corrected chi connectivity index (χ1v) is 6.52. The van der Waals surface area contributed by atoms with Crippen molar-refractivity contribution in [2.75, 3.05) is 6.26 Å². The van der Waals surface area contributed by atoms with Crippen molar-refractivity contribution in [3.05, 3.63) is 29.8 Å². The van der Waals surface area contributed by atoms with Crippen LogP contribution in [0.1, 0.15) is 18.5 Å². The van der Waals surface area contributed by atoms with Crippen molar-refractivity contribution >= 4 is 9.84 Å². The molecule has 2 unspecified atom stereocenters. The fourth-order valence-electron chi connectivity index (χ4n) is 1.24. The molecule has 1 aromatic rings. The van der Waals surface area contributed by atoms with Gasteiger partial charge >= 0.3 is 0 Å². The summed E-state index contributed by atoms with van der Waals surface area (Å²) in [5.74, 6) is 0. The molecule has 0 aliphatic carbocycles. The van der Waals surface area contributed by atoms with Crippen LogP contribution < -0.4 is 11.5 Å². The molecule has 0 saturated heterocycles. The van der Waals surface area contributed by atoms with Crippen molar-refractivity contribution in [1.29, 1.82) is 0 Å². The van der Waals surface area contributed by atoms with Gasteiger partial charge in [-0.2, -0.15) is 0 Å². The Hall–Kier alpha value is -0.910. The lowest BCUT2D eigenvalue weighted by atomic mass is 10.0. The average molecular weight is 228 g/mol. The first-order chi connectivity index (χ1) is 6.82. The molecule has 0 aliphatic rings. The van der Waals surface area contributed by atoms with E-state index in [2.05, 4.69) is 0 Å². The zero-order chi connectivity index (χ0) is 11.6. The molecule has 4 nitrogen and oxygen atoms in total. The second-order valence-corrected chi connectivity index (χ2v) is 5.74. The predicted octanol–water partition coefficient (Wildman–Crippen LogP) is 0.437. The van der Waals surface area contributed by atoms with Crippen LogP contribution in [0.25, 0.3) is 0 Å². The van der Waals surface area contributed by atoms with E-state index in [0.717, 1.165) is 5.56 Å². The summed E-state index contributed by atoms with van der Waals surface area (Å²) in [4.78, 5) is 0.295. The van der Waals surface area contributed by atoms with E-state index in [9.17, 15) is 8.42 Å². The van der Waals surface area contributed by atoms with Gasteiger partial charge in [0, 0.05) is 18.3 Å². The Balaban J connectivity index is 3.01. The Bertz CT molecular complexity index is 423. The minimum absolute atomic E-state index is 0.158. The highest BCUT2D eigenvalue weighted by atomic mass is 32.2. The largest absolute Gasteiger partial charge is 0.326 e. The minimum Gasteiger partial charge on any atom is -0.326 e. The summed E-state index contributed by atoms with van der Waals surface area (Å²) in [7, 11) is -3.14. The van der Waals surface area contributed by atoms with Crippen LogP contribution >= 0.6 is 0 Å². The standard InChI is InChI=1S/C10H16N2O2S/c1-7(11)10(12)8-3-5-9(6-4-8)15(2,13)14/h3-7,10H,11-12H2,1-2H3. The van der Waals surface area contributed by atoms with E-state index in [0.29, 0.717) is 4.90 Å². The molecule has 0 heterocycles. The van der Waals surface area contributed by atoms with Gasteiger partial charge in [0.15, 0.2) is 9.84 Å². The molecule has 5 heteroatoms. The van der Waals surface area contributed by atoms with Gasteiger partial charge in [0.25, 0.3) is 0 Å². The molecule has 0 fully saturated rings. The van der Waals surface area contributed by atoms with E-state index in [-0.39, 0.29) is 12.1 Å². The molecular weight excluding hydrogens is 212 g/mol. The van der Waals surface area contributed by atoms with Gasteiger partial charge in [-0.15, -0.1) is 0 Å². The maximum absolute atomic E-state index is 11.2. The molecule has 0 amide bonds. The molecule has 15 heavy (non-hydrogen) atoms. The van der Waals surface area contributed by atoms with Gasteiger partial charge in [-0.3, -0.25) is 0 Å². The van der Waals surface area contributed by atoms with Crippen LogP contribution in [0.15, 0.2) is 29.2 Å². The topological polar surface area (TPSA) is 86.2 Å². The zero-order valence-corrected chi connectivity index (χ0v) is 9.66. The van der Waals surface area contributed by atoms with Gasteiger partial charge < -0.3 is 11.5 Å². The van der Waals surface area contributed by atoms with Crippen molar-refractivity contribution in [3.63, 3.8) is 0 Å². The number of nitrogens with two attached hydrogens (primary N) is 2. The van der Waals surface area contributed by atoms with E-state index in [4.69, 9.17) is 11.5 Å². The van der Waals surface area contributed by atoms with Crippen molar-refractivity contribution in [3.8, 4) is 0 Å². The summed E-state index contributed by atoms with van der Waals surface area (Å²) >= 11 is 0. The van der Waals surface area contributed by atoms with E-state index in [1.807, 2.05) is 6.92 Å². The van der Waals surface area contributed by atoms with Crippen molar-refractivity contribution in [2.24, 2.45) is 11.5 Å². The van der Waals surface area contributed by atoms with E-state index in [1.54, 1.807) is 24.3 Å². The molecule has 0 aliphatic heterocycles. The molecule has 1 aromatic carbocycles. The fourth-order valence-corrected chi connectivity index (χ4v) is 1.87. The van der Waals surface area contributed by atoms with E-state index in [1.165, 1.54) is 6.26 Å². The van der Waals surface area contributed by atoms with Crippen molar-refractivity contribution < 1.29 is 8.42 Å². The lowest BCUT2D eigenvalue weighted by Crippen LogP contribution is -2.30. The van der Waals surface area contributed by atoms with Crippen molar-refractivity contribution in [1.82, 2.24) is 0 Å². The number of sulfone groups is 1. The van der Waals surface area contributed by atoms with Crippen LogP contribution in [0, 0.1) is 0 Å². The minimum atomic E-state index is -3.14. The normalized spacial score (nSPS) is 16.0. The number of hydrogen-bond acceptors (Lipinski definition) is 4. The van der Waals surface area contributed by atoms with Crippen LogP contribution in [-0.4, -0.2) is 20.7 Å². The van der Waals surface area contributed by atoms with Gasteiger partial charge in [0.2, 0.25) is 0 Å². The first-order valence-electron chi connectivity index (χ1n) is 4.63. The third-order valence-corrected chi connectivity index (χ3v) is 3.39. The highest BCUT2D eigenvalue weighted by Crippen LogP contribution is 2.16. The second kappa shape index (κ2) is 4.30. The Morgan fingerprint density at radius 2 is 1.60 bits per heavy atom. The molecule has 2 atom stereocenters. The third-order valence-electron chi connectivity index (χ3n) is 2.26. The molecule has 4 N–H and O–H groups in total. The molecule has 84 valence electrons. The third kappa shape index (κ3) is 3.02. The molecular formula is C10H16N2O2S.